The van der Waals surface area contributed by atoms with Gasteiger partial charge in [-0.1, -0.05) is 188 Å². The topological polar surface area (TPSA) is 59.7 Å². The van der Waals surface area contributed by atoms with Gasteiger partial charge in [-0.15, -0.1) is 0 Å². The van der Waals surface area contributed by atoms with Crippen LogP contribution < -0.4 is 4.90 Å². The number of imidazole rings is 1. The van der Waals surface area contributed by atoms with Gasteiger partial charge in [0.05, 0.1) is 27.8 Å². The summed E-state index contributed by atoms with van der Waals surface area (Å²) in [5.41, 5.74) is 16.6. The molecule has 0 saturated heterocycles. The first-order valence-electron chi connectivity index (χ1n) is 22.0. The van der Waals surface area contributed by atoms with Crippen molar-refractivity contribution in [2.24, 2.45) is 0 Å². The number of rotatable bonds is 6. The molecule has 13 rings (SSSR count). The van der Waals surface area contributed by atoms with E-state index in [1.54, 1.807) is 0 Å². The van der Waals surface area contributed by atoms with Gasteiger partial charge in [0.1, 0.15) is 0 Å². The van der Waals surface area contributed by atoms with Gasteiger partial charge in [0.2, 0.25) is 5.95 Å². The number of nitrogens with zero attached hydrogens (tertiary/aromatic N) is 6. The molecule has 0 bridgehead atoms. The Balaban J connectivity index is 1.08. The fourth-order valence-corrected chi connectivity index (χ4v) is 10.2. The monoisotopic (exact) mass is 830 g/mol. The van der Waals surface area contributed by atoms with Crippen molar-refractivity contribution in [2.75, 3.05) is 4.90 Å². The summed E-state index contributed by atoms with van der Waals surface area (Å²) in [6, 6.07) is 81.8. The quantitative estimate of drug-likeness (QED) is 0.167. The zero-order valence-corrected chi connectivity index (χ0v) is 35.1. The predicted octanol–water partition coefficient (Wildman–Crippen LogP) is 14.0. The largest absolute Gasteiger partial charge is 0.280 e. The van der Waals surface area contributed by atoms with E-state index < -0.39 is 5.41 Å². The highest BCUT2D eigenvalue weighted by Crippen LogP contribution is 2.58. The second-order valence-electron chi connectivity index (χ2n) is 16.6. The van der Waals surface area contributed by atoms with Gasteiger partial charge in [0.15, 0.2) is 17.5 Å². The van der Waals surface area contributed by atoms with Gasteiger partial charge in [-0.25, -0.2) is 19.9 Å². The Morgan fingerprint density at radius 1 is 0.338 bits per heavy atom. The normalized spacial score (nSPS) is 13.0. The van der Waals surface area contributed by atoms with Crippen LogP contribution in [-0.2, 0) is 5.41 Å². The summed E-state index contributed by atoms with van der Waals surface area (Å²) in [5.74, 6) is 2.72. The van der Waals surface area contributed by atoms with Gasteiger partial charge < -0.3 is 0 Å². The van der Waals surface area contributed by atoms with Gasteiger partial charge in [0.25, 0.3) is 0 Å². The average molecular weight is 831 g/mol. The van der Waals surface area contributed by atoms with E-state index in [4.69, 9.17) is 19.9 Å². The maximum Gasteiger partial charge on any atom is 0.220 e. The van der Waals surface area contributed by atoms with Crippen molar-refractivity contribution < 1.29 is 0 Å². The molecule has 1 aliphatic heterocycles. The second-order valence-corrected chi connectivity index (χ2v) is 16.6. The number of aromatic nitrogens is 5. The highest BCUT2D eigenvalue weighted by Gasteiger charge is 2.47. The first-order valence-corrected chi connectivity index (χ1v) is 22.0. The SMILES string of the molecule is c1ccc(-c2nc(-c3ccccc3)nc(-c3ccc4c(c3)C(c3ccccc3)(c3ccccc3)c3cc(N5c6ccccc6-c6ccccc6-n6c5nc5ccccc56)ccc3-4)n2)cc1. The Bertz CT molecular complexity index is 3510. The van der Waals surface area contributed by atoms with Crippen molar-refractivity contribution >= 4 is 28.4 Å². The summed E-state index contributed by atoms with van der Waals surface area (Å²) >= 11 is 0. The van der Waals surface area contributed by atoms with Crippen LogP contribution in [0.1, 0.15) is 22.3 Å². The molecule has 2 aliphatic rings. The van der Waals surface area contributed by atoms with E-state index >= 15 is 0 Å². The first kappa shape index (κ1) is 36.9. The van der Waals surface area contributed by atoms with Crippen LogP contribution in [0.25, 0.3) is 73.1 Å². The molecule has 2 aromatic heterocycles. The number of hydrogen-bond donors (Lipinski definition) is 0. The van der Waals surface area contributed by atoms with Crippen LogP contribution in [0.5, 0.6) is 0 Å². The summed E-state index contributed by atoms with van der Waals surface area (Å²) in [5, 5.41) is 0. The molecule has 6 heteroatoms. The zero-order valence-electron chi connectivity index (χ0n) is 35.1. The molecule has 0 amide bonds. The van der Waals surface area contributed by atoms with Gasteiger partial charge in [-0.05, 0) is 75.8 Å². The third kappa shape index (κ3) is 5.67. The fourth-order valence-electron chi connectivity index (χ4n) is 10.2. The zero-order chi connectivity index (χ0) is 42.9. The third-order valence-electron chi connectivity index (χ3n) is 13.1. The summed E-state index contributed by atoms with van der Waals surface area (Å²) < 4.78 is 2.32. The maximum absolute atomic E-state index is 5.43. The fraction of sp³-hybridized carbons (Fsp3) is 0.0169. The summed E-state index contributed by atoms with van der Waals surface area (Å²) in [6.07, 6.45) is 0. The minimum Gasteiger partial charge on any atom is -0.280 e. The Kier molecular flexibility index (Phi) is 8.33. The molecule has 0 N–H and O–H groups in total. The summed E-state index contributed by atoms with van der Waals surface area (Å²) in [6.45, 7) is 0. The number of anilines is 3. The molecular weight excluding hydrogens is 793 g/mol. The van der Waals surface area contributed by atoms with E-state index in [-0.39, 0.29) is 0 Å². The molecule has 9 aromatic carbocycles. The lowest BCUT2D eigenvalue weighted by atomic mass is 9.67. The van der Waals surface area contributed by atoms with Gasteiger partial charge in [-0.2, -0.15) is 0 Å². The highest BCUT2D eigenvalue weighted by atomic mass is 15.3. The highest BCUT2D eigenvalue weighted by molar-refractivity contribution is 5.98. The van der Waals surface area contributed by atoms with Crippen molar-refractivity contribution in [2.45, 2.75) is 5.41 Å². The van der Waals surface area contributed by atoms with E-state index in [9.17, 15) is 0 Å². The van der Waals surface area contributed by atoms with Crippen LogP contribution in [-0.4, -0.2) is 24.5 Å². The molecule has 11 aromatic rings. The Hall–Kier alpha value is -8.74. The smallest absolute Gasteiger partial charge is 0.220 e. The van der Waals surface area contributed by atoms with Crippen molar-refractivity contribution in [3.63, 3.8) is 0 Å². The average Bonchev–Trinajstić information content (AvgIpc) is 3.87. The molecule has 0 fully saturated rings. The van der Waals surface area contributed by atoms with Gasteiger partial charge in [0, 0.05) is 33.5 Å². The molecule has 6 nitrogen and oxygen atoms in total. The number of fused-ring (bicyclic) bond motifs is 10. The molecule has 304 valence electrons. The maximum atomic E-state index is 5.43. The standard InChI is InChI=1S/C59H38N6/c1-5-19-39(20-6-1)55-61-56(40-21-7-2-8-22-40)63-57(62-55)41-33-35-45-46-36-34-44(38-50(46)59(49(45)37-41,42-23-9-3-10-24-42)43-25-11-4-12-26-43)64-52-30-16-13-27-47(52)48-28-14-17-31-53(48)65-54-32-18-15-29-51(54)60-58(64)65/h1-38H. The molecule has 3 heterocycles. The van der Waals surface area contributed by atoms with Crippen LogP contribution in [0.3, 0.4) is 0 Å². The van der Waals surface area contributed by atoms with Crippen LogP contribution >= 0.6 is 0 Å². The number of para-hydroxylation sites is 4. The van der Waals surface area contributed by atoms with Crippen LogP contribution in [0, 0.1) is 0 Å². The minimum atomic E-state index is -0.717. The van der Waals surface area contributed by atoms with Crippen molar-refractivity contribution in [1.82, 2.24) is 24.5 Å². The Morgan fingerprint density at radius 3 is 1.45 bits per heavy atom. The lowest BCUT2D eigenvalue weighted by molar-refractivity contribution is 0.768. The van der Waals surface area contributed by atoms with E-state index in [2.05, 4.69) is 204 Å². The van der Waals surface area contributed by atoms with Crippen LogP contribution in [0.2, 0.25) is 0 Å². The lowest BCUT2D eigenvalue weighted by Crippen LogP contribution is -2.29. The molecule has 0 radical (unpaired) electrons. The molecule has 0 atom stereocenters. The van der Waals surface area contributed by atoms with E-state index in [1.165, 1.54) is 33.4 Å². The molecule has 0 saturated carbocycles. The number of benzene rings is 9. The van der Waals surface area contributed by atoms with Crippen molar-refractivity contribution in [3.8, 4) is 62.1 Å². The first-order chi connectivity index (χ1) is 32.2. The second kappa shape index (κ2) is 14.7. The minimum absolute atomic E-state index is 0.617. The summed E-state index contributed by atoms with van der Waals surface area (Å²) in [4.78, 5) is 23.2. The summed E-state index contributed by atoms with van der Waals surface area (Å²) in [7, 11) is 0. The molecule has 1 aliphatic carbocycles. The molecular formula is C59H38N6. The van der Waals surface area contributed by atoms with Crippen molar-refractivity contribution in [3.05, 3.63) is 253 Å². The Morgan fingerprint density at radius 2 is 0.815 bits per heavy atom. The number of hydrogen-bond acceptors (Lipinski definition) is 5. The molecule has 65 heavy (non-hydrogen) atoms. The van der Waals surface area contributed by atoms with Gasteiger partial charge in [-0.3, -0.25) is 9.47 Å². The van der Waals surface area contributed by atoms with Crippen LogP contribution in [0.4, 0.5) is 17.3 Å². The lowest BCUT2D eigenvalue weighted by Gasteiger charge is -2.35. The Labute approximate surface area is 376 Å². The van der Waals surface area contributed by atoms with Gasteiger partial charge >= 0.3 is 0 Å². The molecule has 0 spiro atoms. The van der Waals surface area contributed by atoms with E-state index in [1.807, 2.05) is 36.4 Å². The van der Waals surface area contributed by atoms with Crippen molar-refractivity contribution in [1.29, 1.82) is 0 Å². The van der Waals surface area contributed by atoms with E-state index in [0.29, 0.717) is 17.5 Å². The predicted molar refractivity (Wildman–Crippen MR) is 262 cm³/mol. The van der Waals surface area contributed by atoms with E-state index in [0.717, 1.165) is 61.9 Å². The third-order valence-corrected chi connectivity index (χ3v) is 13.1. The van der Waals surface area contributed by atoms with Crippen LogP contribution in [0.15, 0.2) is 231 Å². The molecule has 0 unspecified atom stereocenters.